The van der Waals surface area contributed by atoms with Crippen LogP contribution in [0.3, 0.4) is 0 Å². The Morgan fingerprint density at radius 2 is 2.05 bits per heavy atom. The third-order valence-corrected chi connectivity index (χ3v) is 3.30. The third kappa shape index (κ3) is 3.04. The summed E-state index contributed by atoms with van der Waals surface area (Å²) in [4.78, 5) is 17.2. The molecule has 1 saturated heterocycles. The molecule has 0 bridgehead atoms. The Balaban J connectivity index is 2.30. The van der Waals surface area contributed by atoms with Crippen molar-refractivity contribution in [2.24, 2.45) is 0 Å². The topological polar surface area (TPSA) is 80.4 Å². The summed E-state index contributed by atoms with van der Waals surface area (Å²) in [5.74, 6) is 1.56. The normalized spacial score (nSPS) is 19.5. The number of anilines is 3. The molecule has 0 aliphatic carbocycles. The molecule has 0 amide bonds. The highest BCUT2D eigenvalue weighted by molar-refractivity contribution is 5.44. The molecule has 2 rings (SSSR count). The average molecular weight is 266 g/mol. The number of morpholine rings is 1. The first-order valence-electron chi connectivity index (χ1n) is 6.76. The molecule has 1 atom stereocenters. The van der Waals surface area contributed by atoms with Crippen molar-refractivity contribution >= 4 is 17.8 Å². The van der Waals surface area contributed by atoms with E-state index in [1.165, 1.54) is 0 Å². The molecule has 1 aromatic rings. The molecule has 106 valence electrons. The largest absolute Gasteiger partial charge is 0.377 e. The second kappa shape index (κ2) is 6.01. The van der Waals surface area contributed by atoms with Gasteiger partial charge in [0.25, 0.3) is 0 Å². The standard InChI is InChI=1S/C12H22N6O/c1-4-17(5-2)11-14-10(13)15-12(16-11)18-6-7-19-8-9(18)3/h9H,4-8H2,1-3H3,(H2,13,14,15,16). The molecule has 2 N–H and O–H groups in total. The second-order valence-corrected chi connectivity index (χ2v) is 4.58. The van der Waals surface area contributed by atoms with E-state index in [0.717, 1.165) is 19.6 Å². The summed E-state index contributed by atoms with van der Waals surface area (Å²) >= 11 is 0. The summed E-state index contributed by atoms with van der Waals surface area (Å²) in [5.41, 5.74) is 5.81. The lowest BCUT2D eigenvalue weighted by molar-refractivity contribution is 0.0981. The van der Waals surface area contributed by atoms with E-state index in [1.807, 2.05) is 0 Å². The van der Waals surface area contributed by atoms with Crippen LogP contribution in [0.25, 0.3) is 0 Å². The zero-order valence-electron chi connectivity index (χ0n) is 11.8. The van der Waals surface area contributed by atoms with Crippen LogP contribution >= 0.6 is 0 Å². The number of hydrogen-bond donors (Lipinski definition) is 1. The van der Waals surface area contributed by atoms with Crippen LogP contribution in [-0.2, 0) is 4.74 Å². The Morgan fingerprint density at radius 3 is 2.68 bits per heavy atom. The minimum Gasteiger partial charge on any atom is -0.377 e. The maximum atomic E-state index is 5.81. The van der Waals surface area contributed by atoms with Gasteiger partial charge in [-0.05, 0) is 20.8 Å². The van der Waals surface area contributed by atoms with Gasteiger partial charge in [0.15, 0.2) is 0 Å². The maximum absolute atomic E-state index is 5.81. The Hall–Kier alpha value is -1.63. The van der Waals surface area contributed by atoms with Gasteiger partial charge in [-0.1, -0.05) is 0 Å². The zero-order chi connectivity index (χ0) is 13.8. The molecule has 1 aliphatic heterocycles. The predicted octanol–water partition coefficient (Wildman–Crippen LogP) is 0.525. The van der Waals surface area contributed by atoms with Gasteiger partial charge in [0.05, 0.1) is 19.3 Å². The molecule has 7 nitrogen and oxygen atoms in total. The van der Waals surface area contributed by atoms with Crippen LogP contribution in [0, 0.1) is 0 Å². The van der Waals surface area contributed by atoms with Crippen LogP contribution in [0.4, 0.5) is 17.8 Å². The van der Waals surface area contributed by atoms with Crippen molar-refractivity contribution in [2.75, 3.05) is 48.4 Å². The van der Waals surface area contributed by atoms with Crippen molar-refractivity contribution in [3.63, 3.8) is 0 Å². The fraction of sp³-hybridized carbons (Fsp3) is 0.750. The van der Waals surface area contributed by atoms with Gasteiger partial charge in [-0.15, -0.1) is 0 Å². The summed E-state index contributed by atoms with van der Waals surface area (Å²) in [7, 11) is 0. The first-order chi connectivity index (χ1) is 9.15. The number of hydrogen-bond acceptors (Lipinski definition) is 7. The van der Waals surface area contributed by atoms with Crippen molar-refractivity contribution in [2.45, 2.75) is 26.8 Å². The van der Waals surface area contributed by atoms with Gasteiger partial charge in [-0.2, -0.15) is 15.0 Å². The van der Waals surface area contributed by atoms with E-state index in [4.69, 9.17) is 10.5 Å². The Morgan fingerprint density at radius 1 is 1.32 bits per heavy atom. The fourth-order valence-corrected chi connectivity index (χ4v) is 2.17. The molecule has 1 fully saturated rings. The average Bonchev–Trinajstić information content (AvgIpc) is 2.40. The number of nitrogens with zero attached hydrogens (tertiary/aromatic N) is 5. The van der Waals surface area contributed by atoms with E-state index in [-0.39, 0.29) is 12.0 Å². The van der Waals surface area contributed by atoms with Gasteiger partial charge in [-0.25, -0.2) is 0 Å². The van der Waals surface area contributed by atoms with Gasteiger partial charge in [-0.3, -0.25) is 0 Å². The highest BCUT2D eigenvalue weighted by Crippen LogP contribution is 2.18. The minimum atomic E-state index is 0.250. The number of aromatic nitrogens is 3. The molecule has 1 aromatic heterocycles. The van der Waals surface area contributed by atoms with Gasteiger partial charge in [0.1, 0.15) is 0 Å². The quantitative estimate of drug-likeness (QED) is 0.851. The summed E-state index contributed by atoms with van der Waals surface area (Å²) in [6.07, 6.45) is 0. The molecule has 1 unspecified atom stereocenters. The van der Waals surface area contributed by atoms with Crippen LogP contribution in [-0.4, -0.2) is 53.8 Å². The molecule has 7 heteroatoms. The monoisotopic (exact) mass is 266 g/mol. The minimum absolute atomic E-state index is 0.250. The molecule has 2 heterocycles. The maximum Gasteiger partial charge on any atom is 0.232 e. The Bertz CT molecular complexity index is 423. The van der Waals surface area contributed by atoms with Crippen molar-refractivity contribution in [1.82, 2.24) is 15.0 Å². The van der Waals surface area contributed by atoms with Crippen molar-refractivity contribution < 1.29 is 4.74 Å². The number of nitrogen functional groups attached to an aromatic ring is 1. The lowest BCUT2D eigenvalue weighted by Gasteiger charge is -2.33. The highest BCUT2D eigenvalue weighted by atomic mass is 16.5. The van der Waals surface area contributed by atoms with Crippen molar-refractivity contribution in [1.29, 1.82) is 0 Å². The number of rotatable bonds is 4. The van der Waals surface area contributed by atoms with E-state index < -0.39 is 0 Å². The van der Waals surface area contributed by atoms with E-state index in [2.05, 4.69) is 45.5 Å². The van der Waals surface area contributed by atoms with Gasteiger partial charge < -0.3 is 20.3 Å². The van der Waals surface area contributed by atoms with E-state index >= 15 is 0 Å². The van der Waals surface area contributed by atoms with E-state index in [9.17, 15) is 0 Å². The first-order valence-corrected chi connectivity index (χ1v) is 6.76. The summed E-state index contributed by atoms with van der Waals surface area (Å²) in [5, 5.41) is 0. The zero-order valence-corrected chi connectivity index (χ0v) is 11.8. The lowest BCUT2D eigenvalue weighted by atomic mass is 10.3. The molecular weight excluding hydrogens is 244 g/mol. The van der Waals surface area contributed by atoms with Crippen LogP contribution in [0.2, 0.25) is 0 Å². The molecule has 0 saturated carbocycles. The van der Waals surface area contributed by atoms with E-state index in [0.29, 0.717) is 25.1 Å². The van der Waals surface area contributed by atoms with Crippen LogP contribution in [0.15, 0.2) is 0 Å². The molecule has 0 spiro atoms. The third-order valence-electron chi connectivity index (χ3n) is 3.30. The van der Waals surface area contributed by atoms with Crippen LogP contribution in [0.5, 0.6) is 0 Å². The van der Waals surface area contributed by atoms with E-state index in [1.54, 1.807) is 0 Å². The molecular formula is C12H22N6O. The van der Waals surface area contributed by atoms with Crippen molar-refractivity contribution in [3.8, 4) is 0 Å². The number of nitrogens with two attached hydrogens (primary N) is 1. The van der Waals surface area contributed by atoms with Gasteiger partial charge in [0.2, 0.25) is 17.8 Å². The SMILES string of the molecule is CCN(CC)c1nc(N)nc(N2CCOCC2C)n1. The second-order valence-electron chi connectivity index (χ2n) is 4.58. The molecule has 0 aromatic carbocycles. The molecule has 1 aliphatic rings. The Labute approximate surface area is 113 Å². The predicted molar refractivity (Wildman–Crippen MR) is 75.4 cm³/mol. The fourth-order valence-electron chi connectivity index (χ4n) is 2.17. The van der Waals surface area contributed by atoms with Crippen molar-refractivity contribution in [3.05, 3.63) is 0 Å². The summed E-state index contributed by atoms with van der Waals surface area (Å²) in [6.45, 7) is 10.1. The highest BCUT2D eigenvalue weighted by Gasteiger charge is 2.23. The Kier molecular flexibility index (Phi) is 4.36. The smallest absolute Gasteiger partial charge is 0.232 e. The van der Waals surface area contributed by atoms with Gasteiger partial charge >= 0.3 is 0 Å². The lowest BCUT2D eigenvalue weighted by Crippen LogP contribution is -2.45. The van der Waals surface area contributed by atoms with Gasteiger partial charge in [0, 0.05) is 19.6 Å². The summed E-state index contributed by atoms with van der Waals surface area (Å²) in [6, 6.07) is 0.250. The molecule has 19 heavy (non-hydrogen) atoms. The van der Waals surface area contributed by atoms with Crippen LogP contribution < -0.4 is 15.5 Å². The number of ether oxygens (including phenoxy) is 1. The molecule has 0 radical (unpaired) electrons. The first kappa shape index (κ1) is 13.8. The van der Waals surface area contributed by atoms with Crippen LogP contribution in [0.1, 0.15) is 20.8 Å². The summed E-state index contributed by atoms with van der Waals surface area (Å²) < 4.78 is 5.43.